The number of amides is 2. The molecule has 1 rings (SSSR count). The smallest absolute Gasteiger partial charge is 0.250 e. The number of aliphatic hydroxyl groups excluding tert-OH is 2. The largest absolute Gasteiger partial charge is 0.396 e. The molecule has 0 aromatic carbocycles. The van der Waals surface area contributed by atoms with Gasteiger partial charge in [0.05, 0.1) is 6.61 Å². The summed E-state index contributed by atoms with van der Waals surface area (Å²) in [7, 11) is 0. The summed E-state index contributed by atoms with van der Waals surface area (Å²) in [6, 6.07) is -0.721. The third-order valence-electron chi connectivity index (χ3n) is 3.20. The van der Waals surface area contributed by atoms with E-state index in [9.17, 15) is 14.7 Å². The second kappa shape index (κ2) is 6.40. The summed E-state index contributed by atoms with van der Waals surface area (Å²) >= 11 is 3.96. The first kappa shape index (κ1) is 15.3. The first-order valence-corrected chi connectivity index (χ1v) is 6.58. The van der Waals surface area contributed by atoms with Gasteiger partial charge in [0.1, 0.15) is 12.1 Å². The van der Waals surface area contributed by atoms with Crippen molar-refractivity contribution in [1.29, 1.82) is 0 Å². The molecule has 6 nitrogen and oxygen atoms in total. The molecule has 0 bridgehead atoms. The number of hydrogen-bond acceptors (Lipinski definition) is 5. The molecule has 0 aromatic heterocycles. The van der Waals surface area contributed by atoms with Crippen LogP contribution in [0.25, 0.3) is 0 Å². The van der Waals surface area contributed by atoms with Crippen molar-refractivity contribution >= 4 is 24.4 Å². The van der Waals surface area contributed by atoms with Crippen LogP contribution in [0.2, 0.25) is 0 Å². The number of aliphatic hydroxyl groups is 2. The Morgan fingerprint density at radius 3 is 2.44 bits per heavy atom. The fourth-order valence-corrected chi connectivity index (χ4v) is 1.76. The standard InChI is InChI=1S/C11H20N2O4S/c1-7(9(16)12-4-5-18)13-10(17)8(15)11(6-14)2-3-11/h7-8,14-15,18H,2-6H2,1H3,(H,12,16)(H,13,17). The van der Waals surface area contributed by atoms with Crippen LogP contribution in [0.4, 0.5) is 0 Å². The van der Waals surface area contributed by atoms with Crippen LogP contribution in [0.1, 0.15) is 19.8 Å². The fourth-order valence-electron chi connectivity index (χ4n) is 1.65. The molecule has 1 saturated carbocycles. The fraction of sp³-hybridized carbons (Fsp3) is 0.818. The van der Waals surface area contributed by atoms with E-state index in [4.69, 9.17) is 5.11 Å². The highest BCUT2D eigenvalue weighted by Crippen LogP contribution is 2.48. The maximum absolute atomic E-state index is 11.7. The Hall–Kier alpha value is -0.790. The Labute approximate surface area is 112 Å². The van der Waals surface area contributed by atoms with Crippen LogP contribution in [-0.4, -0.2) is 53.1 Å². The van der Waals surface area contributed by atoms with Gasteiger partial charge >= 0.3 is 0 Å². The van der Waals surface area contributed by atoms with Crippen molar-refractivity contribution in [2.45, 2.75) is 31.9 Å². The highest BCUT2D eigenvalue weighted by Gasteiger charge is 2.51. The Balaban J connectivity index is 2.42. The van der Waals surface area contributed by atoms with Crippen molar-refractivity contribution in [3.05, 3.63) is 0 Å². The minimum Gasteiger partial charge on any atom is -0.396 e. The van der Waals surface area contributed by atoms with Crippen LogP contribution in [0.5, 0.6) is 0 Å². The van der Waals surface area contributed by atoms with Crippen LogP contribution >= 0.6 is 12.6 Å². The summed E-state index contributed by atoms with van der Waals surface area (Å²) in [5.41, 5.74) is -0.703. The third kappa shape index (κ3) is 3.60. The van der Waals surface area contributed by atoms with Gasteiger partial charge in [0.25, 0.3) is 0 Å². The molecule has 2 atom stereocenters. The zero-order valence-corrected chi connectivity index (χ0v) is 11.2. The Morgan fingerprint density at radius 1 is 1.39 bits per heavy atom. The van der Waals surface area contributed by atoms with E-state index in [0.717, 1.165) is 0 Å². The zero-order chi connectivity index (χ0) is 13.8. The molecule has 0 heterocycles. The molecular weight excluding hydrogens is 256 g/mol. The normalized spacial score (nSPS) is 19.8. The molecule has 0 aliphatic heterocycles. The maximum atomic E-state index is 11.7. The van der Waals surface area contributed by atoms with Crippen LogP contribution in [0.15, 0.2) is 0 Å². The lowest BCUT2D eigenvalue weighted by Crippen LogP contribution is -2.50. The van der Waals surface area contributed by atoms with Crippen LogP contribution < -0.4 is 10.6 Å². The predicted molar refractivity (Wildman–Crippen MR) is 69.2 cm³/mol. The second-order valence-electron chi connectivity index (χ2n) is 4.67. The lowest BCUT2D eigenvalue weighted by Gasteiger charge is -2.21. The molecule has 2 amide bonds. The van der Waals surface area contributed by atoms with Gasteiger partial charge in [-0.25, -0.2) is 0 Å². The molecule has 0 spiro atoms. The molecule has 1 aliphatic carbocycles. The van der Waals surface area contributed by atoms with Crippen LogP contribution in [0, 0.1) is 5.41 Å². The summed E-state index contributed by atoms with van der Waals surface area (Å²) in [6.07, 6.45) is -0.0148. The number of thiol groups is 1. The molecule has 4 N–H and O–H groups in total. The van der Waals surface area contributed by atoms with E-state index < -0.39 is 23.5 Å². The first-order chi connectivity index (χ1) is 8.46. The van der Waals surface area contributed by atoms with Gasteiger partial charge in [0, 0.05) is 17.7 Å². The Bertz CT molecular complexity index is 320. The minimum absolute atomic E-state index is 0.220. The zero-order valence-electron chi connectivity index (χ0n) is 10.3. The predicted octanol–water partition coefficient (Wildman–Crippen LogP) is -1.33. The van der Waals surface area contributed by atoms with Crippen LogP contribution in [0.3, 0.4) is 0 Å². The van der Waals surface area contributed by atoms with E-state index in [-0.39, 0.29) is 12.5 Å². The molecule has 1 aliphatic rings. The number of rotatable bonds is 7. The van der Waals surface area contributed by atoms with Gasteiger partial charge in [0.2, 0.25) is 11.8 Å². The molecule has 0 saturated heterocycles. The molecule has 0 radical (unpaired) electrons. The number of nitrogens with one attached hydrogen (secondary N) is 2. The van der Waals surface area contributed by atoms with Crippen molar-refractivity contribution in [3.8, 4) is 0 Å². The molecular formula is C11H20N2O4S. The summed E-state index contributed by atoms with van der Waals surface area (Å²) in [5.74, 6) is -0.420. The molecule has 104 valence electrons. The number of hydrogen-bond donors (Lipinski definition) is 5. The molecule has 0 aromatic rings. The summed E-state index contributed by atoms with van der Waals surface area (Å²) in [4.78, 5) is 23.2. The van der Waals surface area contributed by atoms with E-state index in [1.54, 1.807) is 0 Å². The average molecular weight is 276 g/mol. The first-order valence-electron chi connectivity index (χ1n) is 5.95. The van der Waals surface area contributed by atoms with Crippen molar-refractivity contribution < 1.29 is 19.8 Å². The van der Waals surface area contributed by atoms with Gasteiger partial charge in [-0.05, 0) is 19.8 Å². The van der Waals surface area contributed by atoms with E-state index in [2.05, 4.69) is 23.3 Å². The Kier molecular flexibility index (Phi) is 5.43. The lowest BCUT2D eigenvalue weighted by molar-refractivity contribution is -0.137. The summed E-state index contributed by atoms with van der Waals surface area (Å²) in [5, 5.41) is 23.9. The molecule has 1 fully saturated rings. The second-order valence-corrected chi connectivity index (χ2v) is 5.12. The van der Waals surface area contributed by atoms with Gasteiger partial charge < -0.3 is 20.8 Å². The van der Waals surface area contributed by atoms with Crippen molar-refractivity contribution in [1.82, 2.24) is 10.6 Å². The van der Waals surface area contributed by atoms with Gasteiger partial charge in [-0.3, -0.25) is 9.59 Å². The summed E-state index contributed by atoms with van der Waals surface area (Å²) in [6.45, 7) is 1.74. The summed E-state index contributed by atoms with van der Waals surface area (Å²) < 4.78 is 0. The lowest BCUT2D eigenvalue weighted by atomic mass is 9.99. The molecule has 2 unspecified atom stereocenters. The Morgan fingerprint density at radius 2 is 2.00 bits per heavy atom. The van der Waals surface area contributed by atoms with Gasteiger partial charge in [0.15, 0.2) is 0 Å². The molecule has 7 heteroatoms. The van der Waals surface area contributed by atoms with Crippen LogP contribution in [-0.2, 0) is 9.59 Å². The average Bonchev–Trinajstić information content (AvgIpc) is 3.15. The van der Waals surface area contributed by atoms with E-state index in [1.807, 2.05) is 0 Å². The quantitative estimate of drug-likeness (QED) is 0.372. The maximum Gasteiger partial charge on any atom is 0.250 e. The SMILES string of the molecule is CC(NC(=O)C(O)C1(CO)CC1)C(=O)NCCS. The van der Waals surface area contributed by atoms with E-state index in [0.29, 0.717) is 25.1 Å². The minimum atomic E-state index is -1.26. The van der Waals surface area contributed by atoms with Gasteiger partial charge in [-0.15, -0.1) is 0 Å². The van der Waals surface area contributed by atoms with Crippen molar-refractivity contribution in [3.63, 3.8) is 0 Å². The topological polar surface area (TPSA) is 98.7 Å². The van der Waals surface area contributed by atoms with Crippen molar-refractivity contribution in [2.75, 3.05) is 18.9 Å². The molecule has 18 heavy (non-hydrogen) atoms. The highest BCUT2D eigenvalue weighted by molar-refractivity contribution is 7.80. The van der Waals surface area contributed by atoms with E-state index >= 15 is 0 Å². The number of carbonyl (C=O) groups excluding carboxylic acids is 2. The van der Waals surface area contributed by atoms with Crippen molar-refractivity contribution in [2.24, 2.45) is 5.41 Å². The van der Waals surface area contributed by atoms with Gasteiger partial charge in [-0.1, -0.05) is 0 Å². The number of carbonyl (C=O) groups is 2. The third-order valence-corrected chi connectivity index (χ3v) is 3.42. The monoisotopic (exact) mass is 276 g/mol. The van der Waals surface area contributed by atoms with E-state index in [1.165, 1.54) is 6.92 Å². The highest BCUT2D eigenvalue weighted by atomic mass is 32.1. The van der Waals surface area contributed by atoms with Gasteiger partial charge in [-0.2, -0.15) is 12.6 Å².